The predicted octanol–water partition coefficient (Wildman–Crippen LogP) is 4.16. The van der Waals surface area contributed by atoms with Crippen LogP contribution in [0.2, 0.25) is 0 Å². The highest BCUT2D eigenvalue weighted by atomic mass is 32.1. The average molecular weight is 385 g/mol. The van der Waals surface area contributed by atoms with Crippen molar-refractivity contribution in [2.24, 2.45) is 5.41 Å². The molecule has 2 amide bonds. The Bertz CT molecular complexity index is 792. The number of rotatable bonds is 5. The van der Waals surface area contributed by atoms with Crippen LogP contribution in [-0.4, -0.2) is 29.8 Å². The Labute approximate surface area is 165 Å². The number of carbonyl (C=O) groups excluding carboxylic acids is 2. The number of benzene rings is 1. The lowest BCUT2D eigenvalue weighted by Crippen LogP contribution is -2.40. The van der Waals surface area contributed by atoms with Crippen molar-refractivity contribution in [3.05, 3.63) is 57.8 Å². The van der Waals surface area contributed by atoms with E-state index in [9.17, 15) is 9.59 Å². The normalized spacial score (nSPS) is 16.7. The first-order valence-electron chi connectivity index (χ1n) is 9.52. The van der Waals surface area contributed by atoms with Crippen LogP contribution in [0.5, 0.6) is 0 Å². The van der Waals surface area contributed by atoms with Gasteiger partial charge in [-0.25, -0.2) is 0 Å². The van der Waals surface area contributed by atoms with Crippen LogP contribution in [0.4, 0.5) is 0 Å². The van der Waals surface area contributed by atoms with E-state index in [4.69, 9.17) is 0 Å². The number of fused-ring (bicyclic) bond motifs is 1. The van der Waals surface area contributed by atoms with E-state index >= 15 is 0 Å². The van der Waals surface area contributed by atoms with Gasteiger partial charge < -0.3 is 10.2 Å². The number of amides is 2. The van der Waals surface area contributed by atoms with Gasteiger partial charge in [0, 0.05) is 30.8 Å². The van der Waals surface area contributed by atoms with Crippen LogP contribution in [0.25, 0.3) is 0 Å². The Morgan fingerprint density at radius 1 is 1.15 bits per heavy atom. The molecule has 1 N–H and O–H groups in total. The van der Waals surface area contributed by atoms with Crippen LogP contribution in [0.1, 0.15) is 55.7 Å². The zero-order valence-electron chi connectivity index (χ0n) is 16.3. The minimum absolute atomic E-state index is 0.0420. The van der Waals surface area contributed by atoms with Gasteiger partial charge in [0.05, 0.1) is 6.04 Å². The molecule has 1 aromatic heterocycles. The van der Waals surface area contributed by atoms with E-state index in [1.807, 2.05) is 23.1 Å². The van der Waals surface area contributed by atoms with Gasteiger partial charge in [-0.3, -0.25) is 9.59 Å². The van der Waals surface area contributed by atoms with Crippen molar-refractivity contribution in [1.29, 1.82) is 0 Å². The summed E-state index contributed by atoms with van der Waals surface area (Å²) in [6.07, 6.45) is 1.38. The van der Waals surface area contributed by atoms with Gasteiger partial charge in [-0.15, -0.1) is 11.3 Å². The van der Waals surface area contributed by atoms with Crippen molar-refractivity contribution >= 4 is 23.2 Å². The molecule has 0 saturated carbocycles. The number of hydrogen-bond acceptors (Lipinski definition) is 3. The van der Waals surface area contributed by atoms with Crippen molar-refractivity contribution in [2.75, 3.05) is 13.1 Å². The molecular formula is C22H28N2O2S. The first-order chi connectivity index (χ1) is 12.8. The Morgan fingerprint density at radius 3 is 2.59 bits per heavy atom. The predicted molar refractivity (Wildman–Crippen MR) is 110 cm³/mol. The average Bonchev–Trinajstić information content (AvgIpc) is 3.12. The van der Waals surface area contributed by atoms with Gasteiger partial charge in [-0.2, -0.15) is 0 Å². The summed E-state index contributed by atoms with van der Waals surface area (Å²) in [5, 5.41) is 5.03. The molecule has 27 heavy (non-hydrogen) atoms. The van der Waals surface area contributed by atoms with Gasteiger partial charge in [0.15, 0.2) is 0 Å². The Balaban J connectivity index is 1.69. The summed E-state index contributed by atoms with van der Waals surface area (Å²) in [5.74, 6) is -0.00520. The zero-order chi connectivity index (χ0) is 19.4. The summed E-state index contributed by atoms with van der Waals surface area (Å²) < 4.78 is 0. The van der Waals surface area contributed by atoms with E-state index in [0.717, 1.165) is 12.0 Å². The topological polar surface area (TPSA) is 49.4 Å². The third-order valence-corrected chi connectivity index (χ3v) is 5.78. The fourth-order valence-corrected chi connectivity index (χ4v) is 4.30. The van der Waals surface area contributed by atoms with E-state index in [1.165, 1.54) is 10.4 Å². The molecule has 1 aromatic carbocycles. The molecule has 0 bridgehead atoms. The van der Waals surface area contributed by atoms with E-state index in [1.54, 1.807) is 11.3 Å². The SMILES string of the molecule is CC(C)(C)CNC(=O)CCC(=O)N1CCc2sccc2C1c1ccccc1. The fourth-order valence-electron chi connectivity index (χ4n) is 3.40. The minimum Gasteiger partial charge on any atom is -0.356 e. The Kier molecular flexibility index (Phi) is 6.00. The summed E-state index contributed by atoms with van der Waals surface area (Å²) in [6.45, 7) is 7.56. The second-order valence-corrected chi connectivity index (χ2v) is 9.29. The van der Waals surface area contributed by atoms with Crippen molar-refractivity contribution in [3.63, 3.8) is 0 Å². The third kappa shape index (κ3) is 4.98. The molecule has 0 fully saturated rings. The summed E-state index contributed by atoms with van der Waals surface area (Å²) >= 11 is 1.76. The molecular weight excluding hydrogens is 356 g/mol. The number of hydrogen-bond donors (Lipinski definition) is 1. The quantitative estimate of drug-likeness (QED) is 0.841. The van der Waals surface area contributed by atoms with Gasteiger partial charge in [-0.05, 0) is 34.4 Å². The van der Waals surface area contributed by atoms with Gasteiger partial charge in [0.1, 0.15) is 0 Å². The van der Waals surface area contributed by atoms with Crippen molar-refractivity contribution in [2.45, 2.75) is 46.1 Å². The van der Waals surface area contributed by atoms with Crippen LogP contribution < -0.4 is 5.32 Å². The van der Waals surface area contributed by atoms with Crippen molar-refractivity contribution < 1.29 is 9.59 Å². The smallest absolute Gasteiger partial charge is 0.223 e. The van der Waals surface area contributed by atoms with Crippen molar-refractivity contribution in [3.8, 4) is 0 Å². The maximum Gasteiger partial charge on any atom is 0.223 e. The lowest BCUT2D eigenvalue weighted by molar-refractivity contribution is -0.135. The third-order valence-electron chi connectivity index (χ3n) is 4.78. The zero-order valence-corrected chi connectivity index (χ0v) is 17.1. The second-order valence-electron chi connectivity index (χ2n) is 8.29. The molecule has 2 aromatic rings. The molecule has 2 heterocycles. The van der Waals surface area contributed by atoms with E-state index in [0.29, 0.717) is 13.1 Å². The molecule has 1 aliphatic heterocycles. The molecule has 0 aliphatic carbocycles. The van der Waals surface area contributed by atoms with E-state index in [2.05, 4.69) is 49.7 Å². The molecule has 1 unspecified atom stereocenters. The van der Waals surface area contributed by atoms with Crippen LogP contribution >= 0.6 is 11.3 Å². The highest BCUT2D eigenvalue weighted by molar-refractivity contribution is 7.10. The van der Waals surface area contributed by atoms with Gasteiger partial charge in [0.2, 0.25) is 11.8 Å². The monoisotopic (exact) mass is 384 g/mol. The summed E-state index contributed by atoms with van der Waals surface area (Å²) in [5.41, 5.74) is 2.39. The number of thiophene rings is 1. The lowest BCUT2D eigenvalue weighted by Gasteiger charge is -2.36. The molecule has 4 nitrogen and oxygen atoms in total. The number of nitrogens with one attached hydrogen (secondary N) is 1. The standard InChI is InChI=1S/C22H28N2O2S/c1-22(2,3)15-23-19(25)9-10-20(26)24-13-11-18-17(12-14-27-18)21(24)16-7-5-4-6-8-16/h4-8,12,14,21H,9-11,13,15H2,1-3H3,(H,23,25). The molecule has 1 aliphatic rings. The molecule has 5 heteroatoms. The number of nitrogens with zero attached hydrogens (tertiary/aromatic N) is 1. The molecule has 0 saturated heterocycles. The Morgan fingerprint density at radius 2 is 1.89 bits per heavy atom. The maximum absolute atomic E-state index is 13.0. The van der Waals surface area contributed by atoms with Crippen molar-refractivity contribution in [1.82, 2.24) is 10.2 Å². The van der Waals surface area contributed by atoms with Crippen LogP contribution in [0.3, 0.4) is 0 Å². The van der Waals surface area contributed by atoms with Crippen LogP contribution in [0, 0.1) is 5.41 Å². The second kappa shape index (κ2) is 8.26. The van der Waals surface area contributed by atoms with Gasteiger partial charge >= 0.3 is 0 Å². The highest BCUT2D eigenvalue weighted by Gasteiger charge is 2.32. The van der Waals surface area contributed by atoms with Crippen LogP contribution in [-0.2, 0) is 16.0 Å². The molecule has 144 valence electrons. The Hall–Kier alpha value is -2.14. The fraction of sp³-hybridized carbons (Fsp3) is 0.455. The summed E-state index contributed by atoms with van der Waals surface area (Å²) in [4.78, 5) is 28.4. The number of carbonyl (C=O) groups is 2. The van der Waals surface area contributed by atoms with E-state index < -0.39 is 0 Å². The first-order valence-corrected chi connectivity index (χ1v) is 10.4. The maximum atomic E-state index is 13.0. The first kappa shape index (κ1) is 19.6. The largest absolute Gasteiger partial charge is 0.356 e. The summed E-state index contributed by atoms with van der Waals surface area (Å²) in [6, 6.07) is 12.3. The van der Waals surface area contributed by atoms with Gasteiger partial charge in [0.25, 0.3) is 0 Å². The lowest BCUT2D eigenvalue weighted by atomic mass is 9.93. The van der Waals surface area contributed by atoms with Crippen LogP contribution in [0.15, 0.2) is 41.8 Å². The van der Waals surface area contributed by atoms with Gasteiger partial charge in [-0.1, -0.05) is 51.1 Å². The van der Waals surface area contributed by atoms with E-state index in [-0.39, 0.29) is 36.1 Å². The molecule has 0 radical (unpaired) electrons. The molecule has 0 spiro atoms. The minimum atomic E-state index is -0.0530. The molecule has 3 rings (SSSR count). The highest BCUT2D eigenvalue weighted by Crippen LogP contribution is 2.38. The molecule has 1 atom stereocenters. The summed E-state index contributed by atoms with van der Waals surface area (Å²) in [7, 11) is 0.